The molecule has 1 aromatic rings. The van der Waals surface area contributed by atoms with Gasteiger partial charge in [0.15, 0.2) is 0 Å². The molecule has 0 spiro atoms. The summed E-state index contributed by atoms with van der Waals surface area (Å²) < 4.78 is 74.3. The van der Waals surface area contributed by atoms with Gasteiger partial charge in [-0.25, -0.2) is 0 Å². The van der Waals surface area contributed by atoms with Gasteiger partial charge in [0.2, 0.25) is 0 Å². The normalized spacial score (nSPS) is 12.9. The van der Waals surface area contributed by atoms with Gasteiger partial charge in [0.05, 0.1) is 5.56 Å². The number of rotatable bonds is 1. The summed E-state index contributed by atoms with van der Waals surface area (Å²) in [6, 6.07) is 0.959. The molecule has 1 rings (SSSR count). The van der Waals surface area contributed by atoms with E-state index >= 15 is 0 Å². The highest BCUT2D eigenvalue weighted by molar-refractivity contribution is 6.17. The van der Waals surface area contributed by atoms with Crippen LogP contribution in [0, 0.1) is 0 Å². The molecule has 0 heterocycles. The largest absolute Gasteiger partial charge is 0.507 e. The summed E-state index contributed by atoms with van der Waals surface area (Å²) in [6.45, 7) is 0. The van der Waals surface area contributed by atoms with E-state index in [1.54, 1.807) is 0 Å². The topological polar surface area (TPSA) is 20.2 Å². The maximum Gasteiger partial charge on any atom is 0.420 e. The van der Waals surface area contributed by atoms with E-state index in [-0.39, 0.29) is 0 Å². The number of aromatic hydroxyl groups is 1. The van der Waals surface area contributed by atoms with E-state index in [9.17, 15) is 26.3 Å². The fraction of sp³-hybridized carbons (Fsp3) is 0.333. The van der Waals surface area contributed by atoms with Crippen LogP contribution in [0.3, 0.4) is 0 Å². The van der Waals surface area contributed by atoms with E-state index in [0.29, 0.717) is 12.1 Å². The Hall–Kier alpha value is -1.11. The van der Waals surface area contributed by atoms with Crippen molar-refractivity contribution in [2.45, 2.75) is 18.2 Å². The highest BCUT2D eigenvalue weighted by Crippen LogP contribution is 2.45. The van der Waals surface area contributed by atoms with E-state index in [1.807, 2.05) is 0 Å². The number of halogens is 7. The predicted octanol–water partition coefficient (Wildman–Crippen LogP) is 4.17. The summed E-state index contributed by atoms with van der Waals surface area (Å²) in [5.41, 5.74) is -4.09. The molecule has 0 fully saturated rings. The van der Waals surface area contributed by atoms with Gasteiger partial charge in [-0.15, -0.1) is 11.6 Å². The van der Waals surface area contributed by atoms with Crippen LogP contribution in [0.25, 0.3) is 0 Å². The minimum Gasteiger partial charge on any atom is -0.507 e. The molecular formula is C9H5ClF6O. The first-order valence-electron chi connectivity index (χ1n) is 4.14. The number of hydrogen-bond donors (Lipinski definition) is 1. The highest BCUT2D eigenvalue weighted by Gasteiger charge is 2.42. The van der Waals surface area contributed by atoms with Gasteiger partial charge in [0.25, 0.3) is 0 Å². The SMILES string of the molecule is Oc1c(C(F)(F)F)ccc(CCl)c1C(F)(F)F. The monoisotopic (exact) mass is 278 g/mol. The van der Waals surface area contributed by atoms with Crippen LogP contribution < -0.4 is 0 Å². The first-order chi connectivity index (χ1) is 7.59. The maximum atomic E-state index is 12.5. The van der Waals surface area contributed by atoms with E-state index < -0.39 is 40.7 Å². The summed E-state index contributed by atoms with van der Waals surface area (Å²) in [6.07, 6.45) is -10.2. The molecule has 0 aromatic heterocycles. The molecule has 0 unspecified atom stereocenters. The van der Waals surface area contributed by atoms with Gasteiger partial charge < -0.3 is 5.11 Å². The Morgan fingerprint density at radius 3 is 1.88 bits per heavy atom. The van der Waals surface area contributed by atoms with Gasteiger partial charge in [-0.05, 0) is 11.6 Å². The first kappa shape index (κ1) is 14.0. The van der Waals surface area contributed by atoms with Gasteiger partial charge in [-0.2, -0.15) is 26.3 Å². The average molecular weight is 279 g/mol. The van der Waals surface area contributed by atoms with Crippen molar-refractivity contribution >= 4 is 11.6 Å². The first-order valence-corrected chi connectivity index (χ1v) is 4.67. The summed E-state index contributed by atoms with van der Waals surface area (Å²) in [5.74, 6) is -2.50. The molecule has 0 atom stereocenters. The molecule has 0 aliphatic heterocycles. The van der Waals surface area contributed by atoms with Crippen LogP contribution in [0.15, 0.2) is 12.1 Å². The lowest BCUT2D eigenvalue weighted by atomic mass is 10.0. The molecule has 0 radical (unpaired) electrons. The summed E-state index contributed by atoms with van der Waals surface area (Å²) in [5, 5.41) is 9.07. The minimum absolute atomic E-state index is 0.363. The molecule has 0 saturated carbocycles. The van der Waals surface area contributed by atoms with Crippen LogP contribution in [0.5, 0.6) is 5.75 Å². The molecule has 1 N–H and O–H groups in total. The zero-order valence-corrected chi connectivity index (χ0v) is 8.71. The summed E-state index contributed by atoms with van der Waals surface area (Å²) in [4.78, 5) is 0. The third-order valence-corrected chi connectivity index (χ3v) is 2.28. The molecule has 0 aliphatic rings. The second kappa shape index (κ2) is 4.29. The quantitative estimate of drug-likeness (QED) is 0.604. The van der Waals surface area contributed by atoms with Crippen molar-refractivity contribution in [2.24, 2.45) is 0 Å². The van der Waals surface area contributed by atoms with Gasteiger partial charge in [-0.3, -0.25) is 0 Å². The molecule has 17 heavy (non-hydrogen) atoms. The molecule has 1 nitrogen and oxygen atoms in total. The maximum absolute atomic E-state index is 12.5. The number of hydrogen-bond acceptors (Lipinski definition) is 1. The third kappa shape index (κ3) is 2.77. The fourth-order valence-electron chi connectivity index (χ4n) is 1.29. The van der Waals surface area contributed by atoms with Crippen LogP contribution in [0.2, 0.25) is 0 Å². The third-order valence-electron chi connectivity index (χ3n) is 2.00. The van der Waals surface area contributed by atoms with Crippen molar-refractivity contribution in [3.8, 4) is 5.75 Å². The number of alkyl halides is 7. The van der Waals surface area contributed by atoms with E-state index in [1.165, 1.54) is 0 Å². The van der Waals surface area contributed by atoms with Gasteiger partial charge in [-0.1, -0.05) is 6.07 Å². The number of benzene rings is 1. The van der Waals surface area contributed by atoms with Crippen molar-refractivity contribution in [1.82, 2.24) is 0 Å². The summed E-state index contributed by atoms with van der Waals surface area (Å²) >= 11 is 5.18. The molecule has 96 valence electrons. The Morgan fingerprint density at radius 2 is 1.53 bits per heavy atom. The van der Waals surface area contributed by atoms with Gasteiger partial charge in [0.1, 0.15) is 11.3 Å². The Kier molecular flexibility index (Phi) is 3.52. The minimum atomic E-state index is -5.10. The second-order valence-corrected chi connectivity index (χ2v) is 3.39. The average Bonchev–Trinajstić information content (AvgIpc) is 2.12. The summed E-state index contributed by atoms with van der Waals surface area (Å²) in [7, 11) is 0. The van der Waals surface area contributed by atoms with Crippen molar-refractivity contribution in [3.63, 3.8) is 0 Å². The molecule has 1 aromatic carbocycles. The van der Waals surface area contributed by atoms with Crippen molar-refractivity contribution in [3.05, 3.63) is 28.8 Å². The van der Waals surface area contributed by atoms with Crippen LogP contribution in [-0.4, -0.2) is 5.11 Å². The lowest BCUT2D eigenvalue weighted by Crippen LogP contribution is -2.13. The molecule has 0 aliphatic carbocycles. The molecule has 0 saturated heterocycles. The van der Waals surface area contributed by atoms with Crippen LogP contribution in [0.1, 0.15) is 16.7 Å². The number of phenolic OH excluding ortho intramolecular Hbond substituents is 1. The lowest BCUT2D eigenvalue weighted by Gasteiger charge is -2.17. The van der Waals surface area contributed by atoms with Crippen molar-refractivity contribution < 1.29 is 31.4 Å². The van der Waals surface area contributed by atoms with E-state index in [4.69, 9.17) is 16.7 Å². The molecule has 0 bridgehead atoms. The molecule has 8 heteroatoms. The Labute approximate surface area is 96.6 Å². The predicted molar refractivity (Wildman–Crippen MR) is 47.7 cm³/mol. The Balaban J connectivity index is 3.55. The zero-order valence-electron chi connectivity index (χ0n) is 7.95. The second-order valence-electron chi connectivity index (χ2n) is 3.13. The zero-order chi connectivity index (χ0) is 13.4. The van der Waals surface area contributed by atoms with Gasteiger partial charge >= 0.3 is 12.4 Å². The highest BCUT2D eigenvalue weighted by atomic mass is 35.5. The molecular weight excluding hydrogens is 274 g/mol. The van der Waals surface area contributed by atoms with E-state index in [0.717, 1.165) is 0 Å². The Bertz CT molecular complexity index is 423. The van der Waals surface area contributed by atoms with Gasteiger partial charge in [0, 0.05) is 5.88 Å². The smallest absolute Gasteiger partial charge is 0.420 e. The van der Waals surface area contributed by atoms with Crippen LogP contribution in [-0.2, 0) is 18.2 Å². The van der Waals surface area contributed by atoms with Crippen LogP contribution >= 0.6 is 11.6 Å². The fourth-order valence-corrected chi connectivity index (χ4v) is 1.51. The lowest BCUT2D eigenvalue weighted by molar-refractivity contribution is -0.145. The molecule has 0 amide bonds. The number of phenols is 1. The van der Waals surface area contributed by atoms with Crippen molar-refractivity contribution in [2.75, 3.05) is 0 Å². The van der Waals surface area contributed by atoms with Crippen molar-refractivity contribution in [1.29, 1.82) is 0 Å². The van der Waals surface area contributed by atoms with Crippen LogP contribution in [0.4, 0.5) is 26.3 Å². The Morgan fingerprint density at radius 1 is 1.00 bits per heavy atom. The van der Waals surface area contributed by atoms with E-state index in [2.05, 4.69) is 0 Å². The standard InChI is InChI=1S/C9H5ClF6O/c10-3-4-1-2-5(8(11,12)13)7(17)6(4)9(14,15)16/h1-2,17H,3H2.